The first kappa shape index (κ1) is 18.6. The van der Waals surface area contributed by atoms with Gasteiger partial charge in [-0.05, 0) is 32.1 Å². The summed E-state index contributed by atoms with van der Waals surface area (Å²) in [6.45, 7) is 0.286. The molecule has 1 amide bonds. The summed E-state index contributed by atoms with van der Waals surface area (Å²) in [5.41, 5.74) is 5.19. The second kappa shape index (κ2) is 7.18. The number of halogens is 4. The van der Waals surface area contributed by atoms with E-state index in [4.69, 9.17) is 5.73 Å². The van der Waals surface area contributed by atoms with E-state index < -0.39 is 17.5 Å². The van der Waals surface area contributed by atoms with E-state index in [1.54, 1.807) is 0 Å². The van der Waals surface area contributed by atoms with Gasteiger partial charge in [-0.3, -0.25) is 4.79 Å². The van der Waals surface area contributed by atoms with Crippen LogP contribution in [0.5, 0.6) is 0 Å². The number of nitrogens with one attached hydrogen (secondary N) is 1. The summed E-state index contributed by atoms with van der Waals surface area (Å²) in [7, 11) is 0. The second-order valence-electron chi connectivity index (χ2n) is 6.27. The van der Waals surface area contributed by atoms with Crippen molar-refractivity contribution in [1.29, 1.82) is 0 Å². The number of carbonyl (C=O) groups excluding carboxylic acids is 1. The largest absolute Gasteiger partial charge is 0.391 e. The van der Waals surface area contributed by atoms with Crippen LogP contribution in [0.2, 0.25) is 0 Å². The second-order valence-corrected chi connectivity index (χ2v) is 6.27. The van der Waals surface area contributed by atoms with Gasteiger partial charge in [0, 0.05) is 12.6 Å². The Hall–Kier alpha value is -0.490. The normalized spacial score (nSPS) is 28.8. The molecule has 124 valence electrons. The number of amides is 1. The van der Waals surface area contributed by atoms with Gasteiger partial charge in [0.25, 0.3) is 0 Å². The molecule has 2 fully saturated rings. The van der Waals surface area contributed by atoms with E-state index >= 15 is 0 Å². The zero-order valence-corrected chi connectivity index (χ0v) is 12.9. The van der Waals surface area contributed by atoms with Crippen LogP contribution in [0.1, 0.15) is 51.4 Å². The van der Waals surface area contributed by atoms with Gasteiger partial charge in [-0.1, -0.05) is 19.3 Å². The summed E-state index contributed by atoms with van der Waals surface area (Å²) in [5, 5.41) is 2.84. The topological polar surface area (TPSA) is 55.1 Å². The van der Waals surface area contributed by atoms with Crippen molar-refractivity contribution in [2.45, 2.75) is 63.6 Å². The lowest BCUT2D eigenvalue weighted by Gasteiger charge is -2.34. The highest BCUT2D eigenvalue weighted by atomic mass is 35.5. The maximum absolute atomic E-state index is 12.8. The van der Waals surface area contributed by atoms with Crippen molar-refractivity contribution in [3.63, 3.8) is 0 Å². The SMILES string of the molecule is Cl.NCC1(C(=O)NC2CCCC(C(F)(F)F)C2)CCCC1. The maximum atomic E-state index is 12.8. The predicted octanol–water partition coefficient (Wildman–Crippen LogP) is 3.16. The van der Waals surface area contributed by atoms with Crippen LogP contribution in [0.25, 0.3) is 0 Å². The molecule has 3 N–H and O–H groups in total. The molecule has 2 atom stereocenters. The molecule has 2 rings (SSSR count). The zero-order valence-electron chi connectivity index (χ0n) is 12.0. The Morgan fingerprint density at radius 1 is 1.19 bits per heavy atom. The minimum absolute atomic E-state index is 0. The molecule has 21 heavy (non-hydrogen) atoms. The minimum atomic E-state index is -4.15. The van der Waals surface area contributed by atoms with E-state index in [9.17, 15) is 18.0 Å². The molecule has 0 aromatic carbocycles. The quantitative estimate of drug-likeness (QED) is 0.836. The van der Waals surface area contributed by atoms with E-state index in [1.165, 1.54) is 0 Å². The van der Waals surface area contributed by atoms with Crippen LogP contribution in [0.4, 0.5) is 13.2 Å². The molecule has 0 aliphatic heterocycles. The molecule has 0 aromatic heterocycles. The summed E-state index contributed by atoms with van der Waals surface area (Å²) in [5.74, 6) is -1.41. The average molecular weight is 329 g/mol. The molecule has 2 unspecified atom stereocenters. The molecule has 0 bridgehead atoms. The van der Waals surface area contributed by atoms with Gasteiger partial charge in [0.1, 0.15) is 0 Å². The number of carbonyl (C=O) groups is 1. The number of hydrogen-bond donors (Lipinski definition) is 2. The standard InChI is InChI=1S/C14H23F3N2O.ClH/c15-14(16,17)10-4-3-5-11(8-10)19-12(20)13(9-18)6-1-2-7-13;/h10-11H,1-9,18H2,(H,19,20);1H. The van der Waals surface area contributed by atoms with Gasteiger partial charge in [0.15, 0.2) is 0 Å². The first-order valence-electron chi connectivity index (χ1n) is 7.45. The van der Waals surface area contributed by atoms with Gasteiger partial charge >= 0.3 is 6.18 Å². The van der Waals surface area contributed by atoms with E-state index in [-0.39, 0.29) is 43.7 Å². The molecule has 2 aliphatic rings. The highest BCUT2D eigenvalue weighted by Crippen LogP contribution is 2.40. The summed E-state index contributed by atoms with van der Waals surface area (Å²) in [4.78, 5) is 12.4. The molecular formula is C14H24ClF3N2O. The molecule has 0 spiro atoms. The van der Waals surface area contributed by atoms with Gasteiger partial charge in [-0.25, -0.2) is 0 Å². The summed E-state index contributed by atoms with van der Waals surface area (Å²) in [6, 6.07) is -0.355. The first-order valence-corrected chi connectivity index (χ1v) is 7.45. The van der Waals surface area contributed by atoms with Gasteiger partial charge in [0.2, 0.25) is 5.91 Å². The smallest absolute Gasteiger partial charge is 0.353 e. The van der Waals surface area contributed by atoms with Gasteiger partial charge in [-0.2, -0.15) is 13.2 Å². The van der Waals surface area contributed by atoms with Crippen molar-refractivity contribution in [3.05, 3.63) is 0 Å². The number of alkyl halides is 3. The third-order valence-electron chi connectivity index (χ3n) is 4.91. The Kier molecular flexibility index (Phi) is 6.35. The first-order chi connectivity index (χ1) is 9.37. The molecule has 2 saturated carbocycles. The van der Waals surface area contributed by atoms with Crippen molar-refractivity contribution in [1.82, 2.24) is 5.32 Å². The average Bonchev–Trinajstić information content (AvgIpc) is 2.88. The van der Waals surface area contributed by atoms with Crippen LogP contribution in [-0.4, -0.2) is 24.7 Å². The van der Waals surface area contributed by atoms with E-state index in [1.807, 2.05) is 0 Å². The van der Waals surface area contributed by atoms with E-state index in [0.717, 1.165) is 25.7 Å². The number of nitrogens with two attached hydrogens (primary N) is 1. The minimum Gasteiger partial charge on any atom is -0.353 e. The maximum Gasteiger partial charge on any atom is 0.391 e. The monoisotopic (exact) mass is 328 g/mol. The lowest BCUT2D eigenvalue weighted by Crippen LogP contribution is -2.49. The molecule has 2 aliphatic carbocycles. The van der Waals surface area contributed by atoms with Crippen LogP contribution in [0, 0.1) is 11.3 Å². The Morgan fingerprint density at radius 3 is 2.33 bits per heavy atom. The molecule has 3 nitrogen and oxygen atoms in total. The molecular weight excluding hydrogens is 305 g/mol. The fourth-order valence-electron chi connectivity index (χ4n) is 3.53. The van der Waals surface area contributed by atoms with Crippen molar-refractivity contribution < 1.29 is 18.0 Å². The fourth-order valence-corrected chi connectivity index (χ4v) is 3.53. The summed E-state index contributed by atoms with van der Waals surface area (Å²) >= 11 is 0. The number of rotatable bonds is 3. The van der Waals surface area contributed by atoms with Crippen LogP contribution in [-0.2, 0) is 4.79 Å². The van der Waals surface area contributed by atoms with Gasteiger partial charge in [0.05, 0.1) is 11.3 Å². The molecule has 7 heteroatoms. The van der Waals surface area contributed by atoms with Gasteiger partial charge < -0.3 is 11.1 Å². The van der Waals surface area contributed by atoms with Crippen molar-refractivity contribution >= 4 is 18.3 Å². The van der Waals surface area contributed by atoms with Crippen LogP contribution >= 0.6 is 12.4 Å². The Balaban J connectivity index is 0.00000220. The van der Waals surface area contributed by atoms with Crippen molar-refractivity contribution in [2.24, 2.45) is 17.1 Å². The van der Waals surface area contributed by atoms with Crippen molar-refractivity contribution in [3.8, 4) is 0 Å². The Bertz CT molecular complexity index is 357. The van der Waals surface area contributed by atoms with Crippen LogP contribution in [0.3, 0.4) is 0 Å². The molecule has 0 heterocycles. The Labute approximate surface area is 129 Å². The lowest BCUT2D eigenvalue weighted by molar-refractivity contribution is -0.184. The molecule has 0 radical (unpaired) electrons. The predicted molar refractivity (Wildman–Crippen MR) is 77.1 cm³/mol. The highest BCUT2D eigenvalue weighted by Gasteiger charge is 2.44. The molecule has 0 aromatic rings. The van der Waals surface area contributed by atoms with Crippen LogP contribution < -0.4 is 11.1 Å². The van der Waals surface area contributed by atoms with E-state index in [2.05, 4.69) is 5.32 Å². The number of hydrogen-bond acceptors (Lipinski definition) is 2. The van der Waals surface area contributed by atoms with Crippen LogP contribution in [0.15, 0.2) is 0 Å². The third kappa shape index (κ3) is 4.25. The third-order valence-corrected chi connectivity index (χ3v) is 4.91. The van der Waals surface area contributed by atoms with Gasteiger partial charge in [-0.15, -0.1) is 12.4 Å². The van der Waals surface area contributed by atoms with Crippen molar-refractivity contribution in [2.75, 3.05) is 6.54 Å². The highest BCUT2D eigenvalue weighted by molar-refractivity contribution is 5.85. The zero-order chi connectivity index (χ0) is 14.8. The van der Waals surface area contributed by atoms with E-state index in [0.29, 0.717) is 12.8 Å². The fraction of sp³-hybridized carbons (Fsp3) is 0.929. The summed E-state index contributed by atoms with van der Waals surface area (Å²) < 4.78 is 38.3. The Morgan fingerprint density at radius 2 is 1.81 bits per heavy atom. The molecule has 0 saturated heterocycles. The lowest BCUT2D eigenvalue weighted by atomic mass is 9.82. The summed E-state index contributed by atoms with van der Waals surface area (Å²) in [6.07, 6.45) is 0.649.